The average molecular weight is 308 g/mol. The van der Waals surface area contributed by atoms with Crippen LogP contribution in [0.5, 0.6) is 0 Å². The number of hydrogen-bond donors (Lipinski definition) is 3. The van der Waals surface area contributed by atoms with Gasteiger partial charge >= 0.3 is 5.97 Å². The van der Waals surface area contributed by atoms with E-state index in [4.69, 9.17) is 9.52 Å². The van der Waals surface area contributed by atoms with Gasteiger partial charge in [-0.05, 0) is 30.5 Å². The third kappa shape index (κ3) is 6.74. The molecule has 1 heterocycles. The first-order chi connectivity index (χ1) is 10.4. The predicted molar refractivity (Wildman–Crippen MR) is 79.8 cm³/mol. The lowest BCUT2D eigenvalue weighted by Gasteiger charge is -2.16. The highest BCUT2D eigenvalue weighted by molar-refractivity contribution is 5.94. The lowest BCUT2D eigenvalue weighted by atomic mass is 10.0. The van der Waals surface area contributed by atoms with Crippen molar-refractivity contribution >= 4 is 23.9 Å². The van der Waals surface area contributed by atoms with E-state index in [9.17, 15) is 14.4 Å². The maximum Gasteiger partial charge on any atom is 0.326 e. The minimum atomic E-state index is -1.09. The zero-order valence-corrected chi connectivity index (χ0v) is 12.5. The van der Waals surface area contributed by atoms with Gasteiger partial charge in [0.1, 0.15) is 11.8 Å². The van der Waals surface area contributed by atoms with Crippen LogP contribution in [-0.2, 0) is 14.4 Å². The molecule has 7 nitrogen and oxygen atoms in total. The molecule has 0 aromatic carbocycles. The molecule has 0 saturated carbocycles. The summed E-state index contributed by atoms with van der Waals surface area (Å²) in [6, 6.07) is 2.41. The van der Waals surface area contributed by atoms with Crippen molar-refractivity contribution in [2.75, 3.05) is 6.54 Å². The highest BCUT2D eigenvalue weighted by Gasteiger charge is 2.20. The first-order valence-corrected chi connectivity index (χ1v) is 6.90. The van der Waals surface area contributed by atoms with E-state index < -0.39 is 23.8 Å². The van der Waals surface area contributed by atoms with Gasteiger partial charge in [-0.3, -0.25) is 9.59 Å². The zero-order chi connectivity index (χ0) is 16.5. The highest BCUT2D eigenvalue weighted by atomic mass is 16.4. The predicted octanol–water partition coefficient (Wildman–Crippen LogP) is 1.02. The molecule has 2 amide bonds. The molecule has 1 aromatic heterocycles. The Hall–Kier alpha value is -2.57. The van der Waals surface area contributed by atoms with E-state index in [1.165, 1.54) is 18.4 Å². The van der Waals surface area contributed by atoms with Crippen LogP contribution in [0.25, 0.3) is 6.08 Å². The van der Waals surface area contributed by atoms with Crippen molar-refractivity contribution in [2.45, 2.75) is 26.3 Å². The van der Waals surface area contributed by atoms with E-state index in [0.29, 0.717) is 12.2 Å². The lowest BCUT2D eigenvalue weighted by molar-refractivity contribution is -0.142. The molecule has 1 rings (SSSR count). The van der Waals surface area contributed by atoms with Crippen LogP contribution in [0.4, 0.5) is 0 Å². The van der Waals surface area contributed by atoms with Gasteiger partial charge in [-0.2, -0.15) is 0 Å². The lowest BCUT2D eigenvalue weighted by Crippen LogP contribution is -2.45. The number of carboxylic acids is 1. The second-order valence-corrected chi connectivity index (χ2v) is 5.15. The molecule has 3 N–H and O–H groups in total. The monoisotopic (exact) mass is 308 g/mol. The molecule has 120 valence electrons. The van der Waals surface area contributed by atoms with Gasteiger partial charge in [0.25, 0.3) is 0 Å². The van der Waals surface area contributed by atoms with E-state index in [2.05, 4.69) is 10.6 Å². The van der Waals surface area contributed by atoms with Crippen LogP contribution in [0.3, 0.4) is 0 Å². The standard InChI is InChI=1S/C15H20N2O5/c1-10(2)8-12(15(20)21)17-14(19)9-16-13(18)6-5-11-4-3-7-22-11/h3-7,10,12H,8-9H2,1-2H3,(H,16,18)(H,17,19)(H,20,21). The summed E-state index contributed by atoms with van der Waals surface area (Å²) in [4.78, 5) is 34.2. The fraction of sp³-hybridized carbons (Fsp3) is 0.400. The largest absolute Gasteiger partial charge is 0.480 e. The summed E-state index contributed by atoms with van der Waals surface area (Å²) in [5.74, 6) is -1.46. The van der Waals surface area contributed by atoms with Crippen LogP contribution in [0.2, 0.25) is 0 Å². The summed E-state index contributed by atoms with van der Waals surface area (Å²) < 4.78 is 5.01. The van der Waals surface area contributed by atoms with Gasteiger partial charge < -0.3 is 20.2 Å². The zero-order valence-electron chi connectivity index (χ0n) is 12.5. The molecular weight excluding hydrogens is 288 g/mol. The fourth-order valence-corrected chi connectivity index (χ4v) is 1.71. The Balaban J connectivity index is 2.38. The van der Waals surface area contributed by atoms with Crippen LogP contribution in [0, 0.1) is 5.92 Å². The molecule has 0 aliphatic carbocycles. The van der Waals surface area contributed by atoms with Crippen molar-refractivity contribution in [3.8, 4) is 0 Å². The number of aliphatic carboxylic acids is 1. The van der Waals surface area contributed by atoms with Gasteiger partial charge in [0.2, 0.25) is 11.8 Å². The van der Waals surface area contributed by atoms with Crippen LogP contribution in [0.15, 0.2) is 28.9 Å². The van der Waals surface area contributed by atoms with Gasteiger partial charge in [-0.15, -0.1) is 0 Å². The van der Waals surface area contributed by atoms with Gasteiger partial charge in [0, 0.05) is 6.08 Å². The first-order valence-electron chi connectivity index (χ1n) is 6.90. The average Bonchev–Trinajstić information content (AvgIpc) is 2.94. The third-order valence-electron chi connectivity index (χ3n) is 2.71. The number of carboxylic acid groups (broad SMARTS) is 1. The Morgan fingerprint density at radius 3 is 2.64 bits per heavy atom. The number of hydrogen-bond acceptors (Lipinski definition) is 4. The number of amides is 2. The van der Waals surface area contributed by atoms with Crippen molar-refractivity contribution < 1.29 is 23.9 Å². The maximum atomic E-state index is 11.6. The minimum Gasteiger partial charge on any atom is -0.480 e. The molecule has 0 aliphatic heterocycles. The quantitative estimate of drug-likeness (QED) is 0.621. The van der Waals surface area contributed by atoms with Crippen LogP contribution < -0.4 is 10.6 Å². The Bertz CT molecular complexity index is 534. The topological polar surface area (TPSA) is 109 Å². The molecule has 7 heteroatoms. The highest BCUT2D eigenvalue weighted by Crippen LogP contribution is 2.04. The van der Waals surface area contributed by atoms with Gasteiger partial charge in [0.05, 0.1) is 12.8 Å². The Kier molecular flexibility index (Phi) is 6.88. The van der Waals surface area contributed by atoms with Crippen molar-refractivity contribution in [1.82, 2.24) is 10.6 Å². The second-order valence-electron chi connectivity index (χ2n) is 5.15. The summed E-state index contributed by atoms with van der Waals surface area (Å²) in [5, 5.41) is 13.8. The van der Waals surface area contributed by atoms with Gasteiger partial charge in [-0.25, -0.2) is 4.79 Å². The molecule has 0 aliphatic rings. The van der Waals surface area contributed by atoms with Crippen molar-refractivity contribution in [3.63, 3.8) is 0 Å². The summed E-state index contributed by atoms with van der Waals surface area (Å²) >= 11 is 0. The van der Waals surface area contributed by atoms with Gasteiger partial charge in [0.15, 0.2) is 0 Å². The number of carbonyl (C=O) groups excluding carboxylic acids is 2. The van der Waals surface area contributed by atoms with Gasteiger partial charge in [-0.1, -0.05) is 13.8 Å². The van der Waals surface area contributed by atoms with Crippen LogP contribution in [0.1, 0.15) is 26.0 Å². The van der Waals surface area contributed by atoms with Crippen LogP contribution >= 0.6 is 0 Å². The summed E-state index contributed by atoms with van der Waals surface area (Å²) in [6.45, 7) is 3.44. The van der Waals surface area contributed by atoms with E-state index in [-0.39, 0.29) is 12.5 Å². The molecule has 1 aromatic rings. The molecule has 0 spiro atoms. The van der Waals surface area contributed by atoms with E-state index in [1.54, 1.807) is 12.1 Å². The Morgan fingerprint density at radius 1 is 1.36 bits per heavy atom. The summed E-state index contributed by atoms with van der Waals surface area (Å²) in [7, 11) is 0. The van der Waals surface area contributed by atoms with Crippen molar-refractivity contribution in [3.05, 3.63) is 30.2 Å². The molecule has 0 saturated heterocycles. The normalized spacial score (nSPS) is 12.3. The molecule has 0 fully saturated rings. The Morgan fingerprint density at radius 2 is 2.09 bits per heavy atom. The molecule has 0 radical (unpaired) electrons. The molecule has 22 heavy (non-hydrogen) atoms. The van der Waals surface area contributed by atoms with E-state index in [1.807, 2.05) is 13.8 Å². The molecule has 1 unspecified atom stereocenters. The smallest absolute Gasteiger partial charge is 0.326 e. The van der Waals surface area contributed by atoms with Crippen LogP contribution in [-0.4, -0.2) is 35.5 Å². The second kappa shape index (κ2) is 8.66. The molecular formula is C15H20N2O5. The van der Waals surface area contributed by atoms with E-state index >= 15 is 0 Å². The maximum absolute atomic E-state index is 11.6. The number of carbonyl (C=O) groups is 3. The molecule has 0 bridgehead atoms. The number of furan rings is 1. The molecule has 1 atom stereocenters. The first kappa shape index (κ1) is 17.5. The number of nitrogens with one attached hydrogen (secondary N) is 2. The summed E-state index contributed by atoms with van der Waals surface area (Å²) in [5.41, 5.74) is 0. The SMILES string of the molecule is CC(C)CC(NC(=O)CNC(=O)C=Cc1ccco1)C(=O)O. The fourth-order valence-electron chi connectivity index (χ4n) is 1.71. The summed E-state index contributed by atoms with van der Waals surface area (Å²) in [6.07, 6.45) is 4.50. The minimum absolute atomic E-state index is 0.132. The number of rotatable bonds is 8. The van der Waals surface area contributed by atoms with E-state index in [0.717, 1.165) is 0 Å². The third-order valence-corrected chi connectivity index (χ3v) is 2.71. The van der Waals surface area contributed by atoms with Crippen molar-refractivity contribution in [1.29, 1.82) is 0 Å². The Labute approximate surface area is 128 Å². The van der Waals surface area contributed by atoms with Crippen molar-refractivity contribution in [2.24, 2.45) is 5.92 Å².